The van der Waals surface area contributed by atoms with Crippen LogP contribution in [0.15, 0.2) is 48.9 Å². The van der Waals surface area contributed by atoms with Crippen LogP contribution in [0.1, 0.15) is 35.5 Å². The number of nitrogens with one attached hydrogen (secondary N) is 1. The summed E-state index contributed by atoms with van der Waals surface area (Å²) in [4.78, 5) is 26.0. The third-order valence-electron chi connectivity index (χ3n) is 4.97. The Labute approximate surface area is 198 Å². The number of hydrogen-bond acceptors (Lipinski definition) is 6. The molecule has 0 saturated carbocycles. The first-order chi connectivity index (χ1) is 16.0. The third kappa shape index (κ3) is 5.81. The Bertz CT molecular complexity index is 1200. The maximum atomic E-state index is 14.4. The average molecular weight is 493 g/mol. The number of nitrogen functional groups attached to an aromatic ring is 1. The minimum atomic E-state index is -4.55. The van der Waals surface area contributed by atoms with Crippen molar-refractivity contribution in [1.29, 1.82) is 0 Å². The number of amides is 1. The zero-order chi connectivity index (χ0) is 25.0. The minimum absolute atomic E-state index is 0.0319. The molecule has 7 nitrogen and oxygen atoms in total. The number of thiocarbonyl (C=S) groups is 1. The van der Waals surface area contributed by atoms with E-state index in [4.69, 9.17) is 18.0 Å². The summed E-state index contributed by atoms with van der Waals surface area (Å²) < 4.78 is 53.0. The molecule has 3 rings (SSSR count). The van der Waals surface area contributed by atoms with Gasteiger partial charge in [-0.25, -0.2) is 9.37 Å². The number of halogens is 4. The van der Waals surface area contributed by atoms with E-state index in [1.54, 1.807) is 13.0 Å². The van der Waals surface area contributed by atoms with Crippen molar-refractivity contribution in [3.8, 4) is 0 Å². The summed E-state index contributed by atoms with van der Waals surface area (Å²) in [5.41, 5.74) is 5.97. The number of alkyl halides is 3. The topological polar surface area (TPSA) is 97.0 Å². The van der Waals surface area contributed by atoms with Crippen molar-refractivity contribution in [2.24, 2.45) is 0 Å². The van der Waals surface area contributed by atoms with Crippen LogP contribution in [0.4, 0.5) is 29.1 Å². The summed E-state index contributed by atoms with van der Waals surface area (Å²) in [6.07, 6.45) is -1.12. The number of aryl methyl sites for hydroxylation is 1. The quantitative estimate of drug-likeness (QED) is 0.401. The molecule has 0 radical (unpaired) electrons. The molecule has 0 aliphatic heterocycles. The van der Waals surface area contributed by atoms with Crippen LogP contribution < -0.4 is 11.1 Å². The van der Waals surface area contributed by atoms with E-state index in [0.29, 0.717) is 23.3 Å². The van der Waals surface area contributed by atoms with Gasteiger partial charge in [-0.2, -0.15) is 13.2 Å². The van der Waals surface area contributed by atoms with Crippen LogP contribution in [0.25, 0.3) is 0 Å². The molecule has 12 heteroatoms. The molecule has 1 amide bonds. The fraction of sp³-hybridized carbons (Fsp3) is 0.227. The SMILES string of the molecule is Cc1cc(NC(=S)C(=O)N(Cc2ccc(C(F)(F)F)cn2)C(C)c2ncccc2F)cnc1N. The zero-order valence-corrected chi connectivity index (χ0v) is 18.9. The molecular weight excluding hydrogens is 472 g/mol. The van der Waals surface area contributed by atoms with Gasteiger partial charge in [0.2, 0.25) is 0 Å². The van der Waals surface area contributed by atoms with Crippen molar-refractivity contribution >= 4 is 34.6 Å². The summed E-state index contributed by atoms with van der Waals surface area (Å²) in [6, 6.07) is 5.33. The van der Waals surface area contributed by atoms with Gasteiger partial charge in [0.1, 0.15) is 11.6 Å². The van der Waals surface area contributed by atoms with Gasteiger partial charge in [0.25, 0.3) is 5.91 Å². The highest BCUT2D eigenvalue weighted by molar-refractivity contribution is 7.82. The molecule has 178 valence electrons. The number of anilines is 2. The number of rotatable bonds is 5. The molecule has 3 heterocycles. The Balaban J connectivity index is 1.90. The molecule has 1 atom stereocenters. The van der Waals surface area contributed by atoms with E-state index in [2.05, 4.69) is 20.3 Å². The molecule has 0 aliphatic carbocycles. The predicted molar refractivity (Wildman–Crippen MR) is 122 cm³/mol. The highest BCUT2D eigenvalue weighted by Gasteiger charge is 2.32. The lowest BCUT2D eigenvalue weighted by atomic mass is 10.1. The molecule has 0 aliphatic rings. The van der Waals surface area contributed by atoms with Crippen LogP contribution >= 0.6 is 12.2 Å². The highest BCUT2D eigenvalue weighted by atomic mass is 32.1. The first-order valence-electron chi connectivity index (χ1n) is 9.94. The number of nitrogens with zero attached hydrogens (tertiary/aromatic N) is 4. The lowest BCUT2D eigenvalue weighted by Crippen LogP contribution is -2.40. The van der Waals surface area contributed by atoms with Crippen LogP contribution in [0.3, 0.4) is 0 Å². The van der Waals surface area contributed by atoms with E-state index in [0.717, 1.165) is 12.1 Å². The Kier molecular flexibility index (Phi) is 7.40. The predicted octanol–water partition coefficient (Wildman–Crippen LogP) is 4.45. The average Bonchev–Trinajstić information content (AvgIpc) is 2.79. The van der Waals surface area contributed by atoms with Crippen LogP contribution in [0.2, 0.25) is 0 Å². The molecule has 3 aromatic rings. The van der Waals surface area contributed by atoms with E-state index in [-0.39, 0.29) is 22.9 Å². The molecule has 34 heavy (non-hydrogen) atoms. The molecule has 3 N–H and O–H groups in total. The van der Waals surface area contributed by atoms with Gasteiger partial charge in [-0.1, -0.05) is 12.2 Å². The molecular formula is C22H20F4N6OS. The van der Waals surface area contributed by atoms with Crippen molar-refractivity contribution in [3.05, 3.63) is 77.3 Å². The van der Waals surface area contributed by atoms with Gasteiger partial charge in [-0.05, 0) is 49.7 Å². The fourth-order valence-electron chi connectivity index (χ4n) is 3.07. The first kappa shape index (κ1) is 25.0. The number of carbonyl (C=O) groups excluding carboxylic acids is 1. The number of aromatic nitrogens is 3. The summed E-state index contributed by atoms with van der Waals surface area (Å²) in [5.74, 6) is -1.04. The lowest BCUT2D eigenvalue weighted by molar-refractivity contribution is -0.138. The van der Waals surface area contributed by atoms with E-state index in [1.165, 1.54) is 36.4 Å². The second kappa shape index (κ2) is 10.1. The molecule has 0 saturated heterocycles. The normalized spacial score (nSPS) is 12.2. The van der Waals surface area contributed by atoms with E-state index >= 15 is 0 Å². The second-order valence-electron chi connectivity index (χ2n) is 7.40. The van der Waals surface area contributed by atoms with Crippen molar-refractivity contribution in [2.75, 3.05) is 11.1 Å². The lowest BCUT2D eigenvalue weighted by Gasteiger charge is -2.29. The van der Waals surface area contributed by atoms with Crippen molar-refractivity contribution < 1.29 is 22.4 Å². The van der Waals surface area contributed by atoms with Gasteiger partial charge < -0.3 is 16.0 Å². The third-order valence-corrected chi connectivity index (χ3v) is 5.24. The molecule has 0 spiro atoms. The van der Waals surface area contributed by atoms with E-state index < -0.39 is 29.5 Å². The molecule has 0 fully saturated rings. The maximum absolute atomic E-state index is 14.4. The number of nitrogens with two attached hydrogens (primary N) is 1. The highest BCUT2D eigenvalue weighted by Crippen LogP contribution is 2.29. The number of pyridine rings is 3. The van der Waals surface area contributed by atoms with Crippen LogP contribution in [-0.4, -0.2) is 30.7 Å². The Morgan fingerprint density at radius 1 is 1.21 bits per heavy atom. The molecule has 1 unspecified atom stereocenters. The minimum Gasteiger partial charge on any atom is -0.383 e. The summed E-state index contributed by atoms with van der Waals surface area (Å²) in [7, 11) is 0. The zero-order valence-electron chi connectivity index (χ0n) is 18.1. The van der Waals surface area contributed by atoms with E-state index in [1.807, 2.05) is 0 Å². The first-order valence-corrected chi connectivity index (χ1v) is 10.3. The standard InChI is InChI=1S/C22H20F4N6OS/c1-12-8-16(10-30-19(12)27)31-20(34)21(33)32(13(2)18-17(23)4-3-7-28-18)11-15-6-5-14(9-29-15)22(24,25)26/h3-10,13H,11H2,1-2H3,(H2,27,30)(H,31,34). The van der Waals surface area contributed by atoms with Crippen LogP contribution in [-0.2, 0) is 17.5 Å². The number of carbonyl (C=O) groups is 1. The monoisotopic (exact) mass is 492 g/mol. The summed E-state index contributed by atoms with van der Waals surface area (Å²) >= 11 is 5.25. The molecule has 0 bridgehead atoms. The Morgan fingerprint density at radius 3 is 2.53 bits per heavy atom. The van der Waals surface area contributed by atoms with Crippen LogP contribution in [0.5, 0.6) is 0 Å². The van der Waals surface area contributed by atoms with Gasteiger partial charge in [0.05, 0.1) is 41.4 Å². The summed E-state index contributed by atoms with van der Waals surface area (Å²) in [5, 5.41) is 2.76. The number of hydrogen-bond donors (Lipinski definition) is 2. The molecule has 3 aromatic heterocycles. The maximum Gasteiger partial charge on any atom is 0.417 e. The summed E-state index contributed by atoms with van der Waals surface area (Å²) in [6.45, 7) is 3.02. The van der Waals surface area contributed by atoms with Crippen molar-refractivity contribution in [2.45, 2.75) is 32.6 Å². The van der Waals surface area contributed by atoms with Gasteiger partial charge in [0, 0.05) is 12.4 Å². The Morgan fingerprint density at radius 2 is 1.94 bits per heavy atom. The van der Waals surface area contributed by atoms with Crippen LogP contribution in [0, 0.1) is 12.7 Å². The van der Waals surface area contributed by atoms with Gasteiger partial charge in [-0.15, -0.1) is 0 Å². The van der Waals surface area contributed by atoms with E-state index in [9.17, 15) is 22.4 Å². The smallest absolute Gasteiger partial charge is 0.383 e. The largest absolute Gasteiger partial charge is 0.417 e. The van der Waals surface area contributed by atoms with Gasteiger partial charge in [-0.3, -0.25) is 14.8 Å². The van der Waals surface area contributed by atoms with Gasteiger partial charge >= 0.3 is 6.18 Å². The second-order valence-corrected chi connectivity index (χ2v) is 7.80. The van der Waals surface area contributed by atoms with Crippen molar-refractivity contribution in [1.82, 2.24) is 19.9 Å². The molecule has 0 aromatic carbocycles. The Hall–Kier alpha value is -3.67. The van der Waals surface area contributed by atoms with Gasteiger partial charge in [0.15, 0.2) is 4.99 Å². The fourth-order valence-corrected chi connectivity index (χ4v) is 3.30. The van der Waals surface area contributed by atoms with Crippen molar-refractivity contribution in [3.63, 3.8) is 0 Å².